The number of aromatic nitrogens is 2. The van der Waals surface area contributed by atoms with Gasteiger partial charge >= 0.3 is 6.09 Å². The van der Waals surface area contributed by atoms with Crippen molar-refractivity contribution < 1.29 is 43.9 Å². The lowest BCUT2D eigenvalue weighted by Crippen LogP contribution is -2.36. The molecule has 0 saturated heterocycles. The molecule has 2 heterocycles. The Balaban J connectivity index is 2.21. The molecule has 1 aromatic heterocycles. The summed E-state index contributed by atoms with van der Waals surface area (Å²) >= 11 is 0. The number of allylic oxidation sites excluding steroid dienone is 2. The first kappa shape index (κ1) is 40.5. The molecule has 2 aromatic rings. The van der Waals surface area contributed by atoms with Gasteiger partial charge in [0.1, 0.15) is 23.3 Å². The monoisotopic (exact) mass is 709 g/mol. The number of benzene rings is 1. The number of phenolic OH excluding ortho intramolecular Hbond substituents is 2. The molecule has 1 aliphatic heterocycles. The third-order valence-corrected chi connectivity index (χ3v) is 8.43. The van der Waals surface area contributed by atoms with Crippen LogP contribution in [-0.2, 0) is 24.5 Å². The molecule has 7 N–H and O–H groups in total. The summed E-state index contributed by atoms with van der Waals surface area (Å²) in [6, 6.07) is 2.75. The average molecular weight is 710 g/mol. The van der Waals surface area contributed by atoms with Gasteiger partial charge in [0, 0.05) is 37.3 Å². The van der Waals surface area contributed by atoms with Crippen LogP contribution >= 0.6 is 0 Å². The molecular formula is C37H51N5O9. The zero-order valence-electron chi connectivity index (χ0n) is 30.9. The van der Waals surface area contributed by atoms with E-state index >= 15 is 0 Å². The van der Waals surface area contributed by atoms with Crippen molar-refractivity contribution in [3.8, 4) is 11.5 Å². The van der Waals surface area contributed by atoms with Gasteiger partial charge in [-0.15, -0.1) is 0 Å². The van der Waals surface area contributed by atoms with Crippen molar-refractivity contribution in [3.63, 3.8) is 0 Å². The van der Waals surface area contributed by atoms with E-state index in [0.29, 0.717) is 16.8 Å². The van der Waals surface area contributed by atoms with Crippen LogP contribution in [0.25, 0.3) is 6.08 Å². The van der Waals surface area contributed by atoms with Gasteiger partial charge in [-0.3, -0.25) is 14.3 Å². The first-order chi connectivity index (χ1) is 23.8. The third kappa shape index (κ3) is 10.1. The van der Waals surface area contributed by atoms with Crippen LogP contribution in [0.5, 0.6) is 11.5 Å². The average Bonchev–Trinajstić information content (AvgIpc) is 3.46. The first-order valence-electron chi connectivity index (χ1n) is 16.5. The molecule has 0 fully saturated rings. The number of nitrogens with one attached hydrogen (secondary N) is 2. The van der Waals surface area contributed by atoms with Gasteiger partial charge < -0.3 is 45.9 Å². The molecule has 3 amide bonds. The molecule has 1 aromatic carbocycles. The molecule has 278 valence electrons. The topological polar surface area (TPSA) is 207 Å². The van der Waals surface area contributed by atoms with Gasteiger partial charge in [-0.05, 0) is 72.6 Å². The lowest BCUT2D eigenvalue weighted by Gasteiger charge is -2.28. The van der Waals surface area contributed by atoms with Crippen LogP contribution in [0.1, 0.15) is 76.6 Å². The van der Waals surface area contributed by atoms with E-state index in [1.165, 1.54) is 33.3 Å². The fourth-order valence-electron chi connectivity index (χ4n) is 5.76. The smallest absolute Gasteiger partial charge is 0.405 e. The molecule has 51 heavy (non-hydrogen) atoms. The van der Waals surface area contributed by atoms with Gasteiger partial charge in [0.15, 0.2) is 6.10 Å². The number of nitrogens with two attached hydrogens (primary N) is 1. The number of aromatic hydroxyl groups is 2. The summed E-state index contributed by atoms with van der Waals surface area (Å²) in [5, 5.41) is 44.0. The Morgan fingerprint density at radius 3 is 2.35 bits per heavy atom. The number of aliphatic hydroxyl groups is 1. The Bertz CT molecular complexity index is 1750. The number of hydrogen-bond acceptors (Lipinski definition) is 10. The van der Waals surface area contributed by atoms with Crippen molar-refractivity contribution in [3.05, 3.63) is 70.1 Å². The van der Waals surface area contributed by atoms with Crippen molar-refractivity contribution in [1.82, 2.24) is 9.78 Å². The molecule has 0 spiro atoms. The van der Waals surface area contributed by atoms with Crippen LogP contribution in [0.4, 0.5) is 16.2 Å². The quantitative estimate of drug-likeness (QED) is 0.134. The summed E-state index contributed by atoms with van der Waals surface area (Å²) in [4.78, 5) is 38.8. The van der Waals surface area contributed by atoms with Crippen molar-refractivity contribution in [1.29, 1.82) is 0 Å². The lowest BCUT2D eigenvalue weighted by molar-refractivity contribution is -0.112. The molecule has 0 aliphatic carbocycles. The van der Waals surface area contributed by atoms with Crippen molar-refractivity contribution in [2.24, 2.45) is 11.7 Å². The van der Waals surface area contributed by atoms with Gasteiger partial charge in [0.05, 0.1) is 34.8 Å². The van der Waals surface area contributed by atoms with Crippen molar-refractivity contribution >= 4 is 35.4 Å². The highest BCUT2D eigenvalue weighted by Gasteiger charge is 2.30. The molecule has 0 unspecified atom stereocenters. The number of phenols is 2. The maximum absolute atomic E-state index is 13.7. The van der Waals surface area contributed by atoms with E-state index in [2.05, 4.69) is 15.7 Å². The largest absolute Gasteiger partial charge is 0.506 e. The summed E-state index contributed by atoms with van der Waals surface area (Å²) in [6.45, 7) is 14.2. The number of aliphatic hydroxyl groups excluding tert-OH is 1. The number of aryl methyl sites for hydroxylation is 1. The number of methoxy groups -OCH3 is 2. The molecule has 14 nitrogen and oxygen atoms in total. The second-order valence-corrected chi connectivity index (χ2v) is 13.8. The van der Waals surface area contributed by atoms with Crippen LogP contribution in [-0.4, -0.2) is 81.6 Å². The van der Waals surface area contributed by atoms with Gasteiger partial charge in [-0.25, -0.2) is 4.79 Å². The van der Waals surface area contributed by atoms with Crippen LogP contribution in [0.3, 0.4) is 0 Å². The van der Waals surface area contributed by atoms with E-state index in [4.69, 9.17) is 19.9 Å². The number of nitrogens with zero attached hydrogens (tertiary/aromatic N) is 2. The Labute approximate surface area is 298 Å². The van der Waals surface area contributed by atoms with E-state index < -0.39 is 65.3 Å². The molecule has 3 rings (SSSR count). The lowest BCUT2D eigenvalue weighted by atomic mass is 9.91. The first-order valence-corrected chi connectivity index (χ1v) is 16.5. The van der Waals surface area contributed by atoms with Crippen LogP contribution in [0.15, 0.2) is 53.2 Å². The normalized spacial score (nSPS) is 22.4. The van der Waals surface area contributed by atoms with Gasteiger partial charge in [-0.1, -0.05) is 36.8 Å². The van der Waals surface area contributed by atoms with E-state index in [0.717, 1.165) is 6.07 Å². The number of primary amides is 1. The minimum absolute atomic E-state index is 0.0108. The molecule has 0 radical (unpaired) electrons. The Morgan fingerprint density at radius 1 is 1.10 bits per heavy atom. The van der Waals surface area contributed by atoms with Crippen LogP contribution in [0, 0.1) is 12.8 Å². The fraction of sp³-hybridized carbons (Fsp3) is 0.459. The van der Waals surface area contributed by atoms with Crippen molar-refractivity contribution in [2.45, 2.75) is 91.8 Å². The number of carbonyl (C=O) groups excluding carboxylic acids is 3. The second kappa shape index (κ2) is 16.9. The molecule has 5 atom stereocenters. The Kier molecular flexibility index (Phi) is 13.4. The predicted octanol–water partition coefficient (Wildman–Crippen LogP) is 5.30. The number of ether oxygens (including phenoxy) is 3. The zero-order chi connectivity index (χ0) is 38.4. The van der Waals surface area contributed by atoms with E-state index in [-0.39, 0.29) is 34.6 Å². The van der Waals surface area contributed by atoms with Crippen LogP contribution in [0.2, 0.25) is 0 Å². The second-order valence-electron chi connectivity index (χ2n) is 13.8. The highest BCUT2D eigenvalue weighted by Crippen LogP contribution is 2.43. The standard InChI is InChI=1S/C37H51N5O9/c1-19-14-24-30(40-35(47)26-17-23(5)41-42(26)37(6,7)8)27(43)18-25(32(24)45)39-34(46)20(2)12-11-13-28(49-9)33(51-36(38)48)22(4)16-21(3)31(44)29(15-19)50-10/h11-14,16-18,21,28-29,31,33,43-45H,15H2,1-10H3,(H2,38,48)(H,39,46)(H,40,47)/t21-,28-,29-,31+,33-/m0/s1. The molecule has 1 aliphatic rings. The highest BCUT2D eigenvalue weighted by atomic mass is 16.6. The number of anilines is 2. The fourth-order valence-corrected chi connectivity index (χ4v) is 5.76. The molecule has 14 heteroatoms. The molecule has 0 saturated carbocycles. The minimum Gasteiger partial charge on any atom is -0.506 e. The molecular weight excluding hydrogens is 658 g/mol. The van der Waals surface area contributed by atoms with Crippen LogP contribution < -0.4 is 16.4 Å². The summed E-state index contributed by atoms with van der Waals surface area (Å²) in [7, 11) is 2.87. The van der Waals surface area contributed by atoms with E-state index in [1.54, 1.807) is 56.7 Å². The third-order valence-electron chi connectivity index (χ3n) is 8.43. The molecule has 2 bridgehead atoms. The van der Waals surface area contributed by atoms with Gasteiger partial charge in [-0.2, -0.15) is 5.10 Å². The van der Waals surface area contributed by atoms with E-state index in [9.17, 15) is 29.7 Å². The number of carbonyl (C=O) groups is 3. The zero-order valence-corrected chi connectivity index (χ0v) is 30.9. The maximum Gasteiger partial charge on any atom is 0.405 e. The summed E-state index contributed by atoms with van der Waals surface area (Å²) < 4.78 is 18.2. The minimum atomic E-state index is -1.06. The van der Waals surface area contributed by atoms with E-state index in [1.807, 2.05) is 20.8 Å². The predicted molar refractivity (Wildman–Crippen MR) is 194 cm³/mol. The number of fused-ring (bicyclic) bond motifs is 2. The highest BCUT2D eigenvalue weighted by molar-refractivity contribution is 6.08. The number of rotatable bonds is 5. The summed E-state index contributed by atoms with van der Waals surface area (Å²) in [6.07, 6.45) is 3.43. The Hall–Kier alpha value is -4.92. The number of amides is 3. The number of hydrogen-bond donors (Lipinski definition) is 6. The van der Waals surface area contributed by atoms with Gasteiger partial charge in [0.2, 0.25) is 0 Å². The SMILES string of the molecule is CO[C@H]1C=CC=C(C)C(=O)Nc2cc(O)c(NC(=O)c3cc(C)nn3C(C)(C)C)c(c2O)C=C(C)C[C@H](OC)[C@H](O)[C@@H](C)C=C(C)[C@@H]1OC(N)=O. The summed E-state index contributed by atoms with van der Waals surface area (Å²) in [5.74, 6) is -2.56. The Morgan fingerprint density at radius 2 is 1.76 bits per heavy atom. The van der Waals surface area contributed by atoms with Crippen molar-refractivity contribution in [2.75, 3.05) is 24.9 Å². The maximum atomic E-state index is 13.7. The van der Waals surface area contributed by atoms with Gasteiger partial charge in [0.25, 0.3) is 11.8 Å². The summed E-state index contributed by atoms with van der Waals surface area (Å²) in [5.41, 5.74) is 6.81.